The van der Waals surface area contributed by atoms with Crippen LogP contribution in [0.4, 0.5) is 4.79 Å². The van der Waals surface area contributed by atoms with Gasteiger partial charge in [0, 0.05) is 30.7 Å². The highest BCUT2D eigenvalue weighted by Crippen LogP contribution is 2.15. The summed E-state index contributed by atoms with van der Waals surface area (Å²) in [4.78, 5) is 12.1. The lowest BCUT2D eigenvalue weighted by Crippen LogP contribution is -2.51. The van der Waals surface area contributed by atoms with Crippen molar-refractivity contribution in [1.82, 2.24) is 19.8 Å². The molecule has 2 aromatic rings. The van der Waals surface area contributed by atoms with Gasteiger partial charge in [-0.05, 0) is 43.5 Å². The van der Waals surface area contributed by atoms with Crippen molar-refractivity contribution in [2.45, 2.75) is 32.9 Å². The highest BCUT2D eigenvalue weighted by atomic mass is 35.5. The molecule has 0 unspecified atom stereocenters. The van der Waals surface area contributed by atoms with Crippen molar-refractivity contribution in [1.29, 1.82) is 0 Å². The van der Waals surface area contributed by atoms with Gasteiger partial charge in [0.2, 0.25) is 0 Å². The molecule has 0 atom stereocenters. The van der Waals surface area contributed by atoms with Crippen molar-refractivity contribution in [3.63, 3.8) is 0 Å². The van der Waals surface area contributed by atoms with Crippen LogP contribution >= 0.6 is 11.6 Å². The lowest BCUT2D eigenvalue weighted by atomic mass is 10.1. The van der Waals surface area contributed by atoms with Crippen molar-refractivity contribution in [2.75, 3.05) is 19.7 Å². The molecule has 134 valence electrons. The van der Waals surface area contributed by atoms with Gasteiger partial charge < -0.3 is 4.74 Å². The first kappa shape index (κ1) is 17.8. The first-order valence-corrected chi connectivity index (χ1v) is 8.99. The zero-order chi connectivity index (χ0) is 17.6. The third kappa shape index (κ3) is 4.74. The Bertz CT molecular complexity index is 701. The molecule has 0 bridgehead atoms. The molecule has 1 fully saturated rings. The lowest BCUT2D eigenvalue weighted by molar-refractivity contribution is -0.0638. The van der Waals surface area contributed by atoms with Gasteiger partial charge in [0.25, 0.3) is 0 Å². The monoisotopic (exact) mass is 362 g/mol. The molecule has 0 N–H and O–H groups in total. The predicted molar refractivity (Wildman–Crippen MR) is 96.2 cm³/mol. The molecule has 1 aliphatic rings. The summed E-state index contributed by atoms with van der Waals surface area (Å²) in [5.41, 5.74) is 2.16. The molecule has 0 aliphatic carbocycles. The fourth-order valence-electron chi connectivity index (χ4n) is 2.93. The Morgan fingerprint density at radius 3 is 2.72 bits per heavy atom. The highest BCUT2D eigenvalue weighted by Gasteiger charge is 2.26. The number of ether oxygens (including phenoxy) is 1. The predicted octanol–water partition coefficient (Wildman–Crippen LogP) is 3.55. The quantitative estimate of drug-likeness (QED) is 0.816. The molecule has 1 amide bonds. The molecule has 0 spiro atoms. The third-order valence-corrected chi connectivity index (χ3v) is 4.41. The topological polar surface area (TPSA) is 50.6 Å². The normalized spacial score (nSPS) is 15.4. The van der Waals surface area contributed by atoms with Gasteiger partial charge in [0.15, 0.2) is 0 Å². The maximum Gasteiger partial charge on any atom is 0.424 e. The second-order valence-corrected chi connectivity index (χ2v) is 6.49. The molecule has 1 saturated heterocycles. The number of benzene rings is 1. The zero-order valence-corrected chi connectivity index (χ0v) is 15.2. The van der Waals surface area contributed by atoms with E-state index in [-0.39, 0.29) is 6.09 Å². The minimum atomic E-state index is -0.282. The van der Waals surface area contributed by atoms with Crippen LogP contribution in [-0.2, 0) is 17.8 Å². The molecule has 6 nitrogen and oxygen atoms in total. The van der Waals surface area contributed by atoms with E-state index in [9.17, 15) is 4.79 Å². The molecule has 1 aliphatic heterocycles. The number of amides is 1. The van der Waals surface area contributed by atoms with Crippen LogP contribution in [0.5, 0.6) is 0 Å². The summed E-state index contributed by atoms with van der Waals surface area (Å²) in [5.74, 6) is 0. The standard InChI is InChI=1S/C18H23ClN4O2/c1-2-25-18(24)23-11-4-3-10-22(23)14-21-12-9-17(20-21)13-15-5-7-16(19)8-6-15/h5-9,12H,2-4,10-11,13-14H2,1H3. The van der Waals surface area contributed by atoms with E-state index >= 15 is 0 Å². The van der Waals surface area contributed by atoms with Crippen LogP contribution in [0.15, 0.2) is 36.5 Å². The molecule has 0 radical (unpaired) electrons. The minimum absolute atomic E-state index is 0.282. The Morgan fingerprint density at radius 2 is 1.96 bits per heavy atom. The van der Waals surface area contributed by atoms with Crippen LogP contribution < -0.4 is 0 Å². The van der Waals surface area contributed by atoms with Crippen LogP contribution in [0.3, 0.4) is 0 Å². The number of halogens is 1. The summed E-state index contributed by atoms with van der Waals surface area (Å²) < 4.78 is 7.01. The first-order chi connectivity index (χ1) is 12.2. The molecule has 25 heavy (non-hydrogen) atoms. The van der Waals surface area contributed by atoms with Crippen LogP contribution in [0.1, 0.15) is 31.0 Å². The summed E-state index contributed by atoms with van der Waals surface area (Å²) >= 11 is 5.92. The third-order valence-electron chi connectivity index (χ3n) is 4.16. The Hall–Kier alpha value is -2.05. The van der Waals surface area contributed by atoms with E-state index in [0.717, 1.165) is 36.5 Å². The van der Waals surface area contributed by atoms with E-state index in [1.165, 1.54) is 5.56 Å². The average Bonchev–Trinajstić information content (AvgIpc) is 3.04. The number of rotatable bonds is 5. The smallest absolute Gasteiger partial charge is 0.424 e. The van der Waals surface area contributed by atoms with Gasteiger partial charge in [-0.2, -0.15) is 10.1 Å². The average molecular weight is 363 g/mol. The summed E-state index contributed by atoms with van der Waals surface area (Å²) in [7, 11) is 0. The van der Waals surface area contributed by atoms with Gasteiger partial charge in [-0.25, -0.2) is 9.80 Å². The van der Waals surface area contributed by atoms with Crippen LogP contribution in [-0.4, -0.2) is 45.6 Å². The van der Waals surface area contributed by atoms with Crippen molar-refractivity contribution < 1.29 is 9.53 Å². The number of hydrazine groups is 1. The number of hydrogen-bond acceptors (Lipinski definition) is 4. The Morgan fingerprint density at radius 1 is 1.20 bits per heavy atom. The molecule has 7 heteroatoms. The Labute approximate surface area is 152 Å². The van der Waals surface area contributed by atoms with Gasteiger partial charge in [0.05, 0.1) is 12.3 Å². The fraction of sp³-hybridized carbons (Fsp3) is 0.444. The summed E-state index contributed by atoms with van der Waals surface area (Å²) in [5, 5.41) is 9.05. The molecule has 1 aromatic carbocycles. The van der Waals surface area contributed by atoms with E-state index in [2.05, 4.69) is 5.10 Å². The minimum Gasteiger partial charge on any atom is -0.449 e. The van der Waals surface area contributed by atoms with E-state index < -0.39 is 0 Å². The first-order valence-electron chi connectivity index (χ1n) is 8.61. The van der Waals surface area contributed by atoms with Gasteiger partial charge in [-0.3, -0.25) is 4.68 Å². The van der Waals surface area contributed by atoms with Crippen molar-refractivity contribution >= 4 is 17.7 Å². The van der Waals surface area contributed by atoms with Crippen LogP contribution in [0.2, 0.25) is 5.02 Å². The summed E-state index contributed by atoms with van der Waals surface area (Å²) in [6, 6.07) is 9.80. The number of hydrogen-bond donors (Lipinski definition) is 0. The summed E-state index contributed by atoms with van der Waals surface area (Å²) in [6.07, 6.45) is 4.48. The van der Waals surface area contributed by atoms with E-state index in [4.69, 9.17) is 16.3 Å². The Kier molecular flexibility index (Phi) is 5.94. The molecular formula is C18H23ClN4O2. The molecule has 3 rings (SSSR count). The summed E-state index contributed by atoms with van der Waals surface area (Å²) in [6.45, 7) is 4.27. The lowest BCUT2D eigenvalue weighted by Gasteiger charge is -2.37. The molecular weight excluding hydrogens is 340 g/mol. The van der Waals surface area contributed by atoms with Crippen molar-refractivity contribution in [3.05, 3.63) is 52.8 Å². The van der Waals surface area contributed by atoms with Gasteiger partial charge in [-0.15, -0.1) is 0 Å². The molecule has 2 heterocycles. The highest BCUT2D eigenvalue weighted by molar-refractivity contribution is 6.30. The second kappa shape index (κ2) is 8.36. The zero-order valence-electron chi connectivity index (χ0n) is 14.4. The number of nitrogens with zero attached hydrogens (tertiary/aromatic N) is 4. The number of carbonyl (C=O) groups excluding carboxylic acids is 1. The number of carbonyl (C=O) groups is 1. The van der Waals surface area contributed by atoms with E-state index in [0.29, 0.717) is 19.8 Å². The van der Waals surface area contributed by atoms with Crippen molar-refractivity contribution in [3.8, 4) is 0 Å². The maximum atomic E-state index is 12.1. The van der Waals surface area contributed by atoms with Gasteiger partial charge in [0.1, 0.15) is 6.67 Å². The van der Waals surface area contributed by atoms with Gasteiger partial charge in [-0.1, -0.05) is 23.7 Å². The maximum absolute atomic E-state index is 12.1. The van der Waals surface area contributed by atoms with E-state index in [1.54, 1.807) is 5.01 Å². The largest absolute Gasteiger partial charge is 0.449 e. The SMILES string of the molecule is CCOC(=O)N1CCCCN1Cn1ccc(Cc2ccc(Cl)cc2)n1. The van der Waals surface area contributed by atoms with Gasteiger partial charge >= 0.3 is 6.09 Å². The van der Waals surface area contributed by atoms with E-state index in [1.807, 2.05) is 53.1 Å². The van der Waals surface area contributed by atoms with Crippen molar-refractivity contribution in [2.24, 2.45) is 0 Å². The molecule has 0 saturated carbocycles. The van der Waals surface area contributed by atoms with Crippen LogP contribution in [0.25, 0.3) is 0 Å². The second-order valence-electron chi connectivity index (χ2n) is 6.05. The fourth-order valence-corrected chi connectivity index (χ4v) is 3.05. The number of aromatic nitrogens is 2. The molecule has 1 aromatic heterocycles. The van der Waals surface area contributed by atoms with Crippen LogP contribution in [0, 0.1) is 0 Å². The Balaban J connectivity index is 1.63.